The molecule has 0 unspecified atom stereocenters. The number of piperazine rings is 1. The first-order valence-corrected chi connectivity index (χ1v) is 13.2. The van der Waals surface area contributed by atoms with Gasteiger partial charge in [-0.05, 0) is 67.8 Å². The maximum absolute atomic E-state index is 13.3. The average molecular weight is 530 g/mol. The number of anilines is 3. The zero-order valence-electron chi connectivity index (χ0n) is 21.9. The van der Waals surface area contributed by atoms with Gasteiger partial charge in [-0.15, -0.1) is 0 Å². The highest BCUT2D eigenvalue weighted by molar-refractivity contribution is 6.02. The van der Waals surface area contributed by atoms with Gasteiger partial charge >= 0.3 is 6.03 Å². The SMILES string of the molecule is Cc1ccc(NC(=O)N2CCN(c3ccc(NC(=O)C4CC4)cc3C(=O)NCc3ccc(F)cc3)CC2)cc1. The topological polar surface area (TPSA) is 93.8 Å². The van der Waals surface area contributed by atoms with Gasteiger partial charge in [0, 0.05) is 55.7 Å². The van der Waals surface area contributed by atoms with Crippen LogP contribution in [0, 0.1) is 18.7 Å². The number of nitrogens with zero attached hydrogens (tertiary/aromatic N) is 2. The number of amides is 4. The molecule has 202 valence electrons. The van der Waals surface area contributed by atoms with E-state index < -0.39 is 0 Å². The Morgan fingerprint density at radius 3 is 2.18 bits per heavy atom. The predicted octanol–water partition coefficient (Wildman–Crippen LogP) is 4.77. The summed E-state index contributed by atoms with van der Waals surface area (Å²) in [4.78, 5) is 42.3. The summed E-state index contributed by atoms with van der Waals surface area (Å²) >= 11 is 0. The second-order valence-electron chi connectivity index (χ2n) is 10.1. The molecular weight excluding hydrogens is 497 g/mol. The zero-order valence-corrected chi connectivity index (χ0v) is 21.9. The second-order valence-corrected chi connectivity index (χ2v) is 10.1. The van der Waals surface area contributed by atoms with Gasteiger partial charge < -0.3 is 25.8 Å². The van der Waals surface area contributed by atoms with Gasteiger partial charge in [-0.2, -0.15) is 0 Å². The Balaban J connectivity index is 1.27. The third kappa shape index (κ3) is 6.73. The summed E-state index contributed by atoms with van der Waals surface area (Å²) in [7, 11) is 0. The average Bonchev–Trinajstić information content (AvgIpc) is 3.80. The lowest BCUT2D eigenvalue weighted by molar-refractivity contribution is -0.117. The molecule has 1 aliphatic carbocycles. The molecule has 0 spiro atoms. The first-order valence-electron chi connectivity index (χ1n) is 13.2. The maximum Gasteiger partial charge on any atom is 0.321 e. The van der Waals surface area contributed by atoms with Gasteiger partial charge in [-0.3, -0.25) is 9.59 Å². The Labute approximate surface area is 227 Å². The van der Waals surface area contributed by atoms with E-state index >= 15 is 0 Å². The summed E-state index contributed by atoms with van der Waals surface area (Å²) in [6.07, 6.45) is 1.77. The molecule has 1 saturated carbocycles. The number of carbonyl (C=O) groups excluding carboxylic acids is 3. The van der Waals surface area contributed by atoms with Crippen LogP contribution in [0.2, 0.25) is 0 Å². The minimum absolute atomic E-state index is 0.0337. The van der Waals surface area contributed by atoms with Crippen LogP contribution in [-0.4, -0.2) is 48.9 Å². The lowest BCUT2D eigenvalue weighted by atomic mass is 10.1. The summed E-state index contributed by atoms with van der Waals surface area (Å²) in [6, 6.07) is 18.8. The molecule has 1 heterocycles. The molecule has 5 rings (SSSR count). The van der Waals surface area contributed by atoms with Gasteiger partial charge in [0.1, 0.15) is 5.82 Å². The first-order chi connectivity index (χ1) is 18.9. The third-order valence-electron chi connectivity index (χ3n) is 7.03. The van der Waals surface area contributed by atoms with Crippen LogP contribution in [0.1, 0.15) is 34.3 Å². The van der Waals surface area contributed by atoms with Crippen LogP contribution in [0.5, 0.6) is 0 Å². The summed E-state index contributed by atoms with van der Waals surface area (Å²) in [6.45, 7) is 4.32. The zero-order chi connectivity index (χ0) is 27.4. The number of carbonyl (C=O) groups is 3. The van der Waals surface area contributed by atoms with Gasteiger partial charge in [0.15, 0.2) is 0 Å². The van der Waals surface area contributed by atoms with E-state index in [9.17, 15) is 18.8 Å². The standard InChI is InChI=1S/C30H32FN5O3/c1-20-2-10-24(11-3-20)34-30(39)36-16-14-35(15-17-36)27-13-12-25(33-28(37)22-6-7-22)18-26(27)29(38)32-19-21-4-8-23(31)9-5-21/h2-5,8-13,18,22H,6-7,14-17,19H2,1H3,(H,32,38)(H,33,37)(H,34,39). The molecule has 39 heavy (non-hydrogen) atoms. The minimum Gasteiger partial charge on any atom is -0.367 e. The Bertz CT molecular complexity index is 1350. The fourth-order valence-electron chi connectivity index (χ4n) is 4.53. The van der Waals surface area contributed by atoms with E-state index in [1.54, 1.807) is 23.1 Å². The Morgan fingerprint density at radius 1 is 0.846 bits per heavy atom. The molecule has 0 radical (unpaired) electrons. The number of hydrogen-bond acceptors (Lipinski definition) is 4. The lowest BCUT2D eigenvalue weighted by Crippen LogP contribution is -2.50. The molecular formula is C30H32FN5O3. The van der Waals surface area contributed by atoms with E-state index in [-0.39, 0.29) is 36.1 Å². The fraction of sp³-hybridized carbons (Fsp3) is 0.300. The fourth-order valence-corrected chi connectivity index (χ4v) is 4.53. The molecule has 3 aromatic carbocycles. The molecule has 2 aliphatic rings. The van der Waals surface area contributed by atoms with Gasteiger partial charge in [-0.1, -0.05) is 29.8 Å². The van der Waals surface area contributed by atoms with Crippen molar-refractivity contribution in [2.45, 2.75) is 26.3 Å². The third-order valence-corrected chi connectivity index (χ3v) is 7.03. The molecule has 9 heteroatoms. The lowest BCUT2D eigenvalue weighted by Gasteiger charge is -2.37. The molecule has 0 atom stereocenters. The second kappa shape index (κ2) is 11.6. The number of rotatable bonds is 7. The highest BCUT2D eigenvalue weighted by atomic mass is 19.1. The van der Waals surface area contributed by atoms with E-state index in [4.69, 9.17) is 0 Å². The molecule has 0 aromatic heterocycles. The molecule has 3 N–H and O–H groups in total. The number of hydrogen-bond donors (Lipinski definition) is 3. The summed E-state index contributed by atoms with van der Waals surface area (Å²) in [5.41, 5.74) is 4.38. The van der Waals surface area contributed by atoms with Crippen LogP contribution in [-0.2, 0) is 11.3 Å². The number of benzene rings is 3. The van der Waals surface area contributed by atoms with Crippen LogP contribution < -0.4 is 20.9 Å². The number of urea groups is 1. The molecule has 8 nitrogen and oxygen atoms in total. The van der Waals surface area contributed by atoms with Crippen LogP contribution in [0.15, 0.2) is 66.7 Å². The molecule has 0 bridgehead atoms. The molecule has 3 aromatic rings. The van der Waals surface area contributed by atoms with Crippen LogP contribution in [0.25, 0.3) is 0 Å². The molecule has 1 aliphatic heterocycles. The van der Waals surface area contributed by atoms with Crippen molar-refractivity contribution in [3.05, 3.63) is 89.2 Å². The van der Waals surface area contributed by atoms with E-state index in [1.165, 1.54) is 12.1 Å². The Hall–Kier alpha value is -4.40. The van der Waals surface area contributed by atoms with Gasteiger partial charge in [0.2, 0.25) is 5.91 Å². The van der Waals surface area contributed by atoms with Gasteiger partial charge in [-0.25, -0.2) is 9.18 Å². The minimum atomic E-state index is -0.335. The van der Waals surface area contributed by atoms with Crippen LogP contribution >= 0.6 is 0 Å². The number of nitrogens with one attached hydrogen (secondary N) is 3. The number of halogens is 1. The van der Waals surface area contributed by atoms with Crippen LogP contribution in [0.4, 0.5) is 26.2 Å². The van der Waals surface area contributed by atoms with Crippen molar-refractivity contribution < 1.29 is 18.8 Å². The Morgan fingerprint density at radius 2 is 1.51 bits per heavy atom. The Kier molecular flexibility index (Phi) is 7.76. The van der Waals surface area contributed by atoms with E-state index in [0.29, 0.717) is 37.4 Å². The maximum atomic E-state index is 13.3. The first kappa shape index (κ1) is 26.2. The van der Waals surface area contributed by atoms with Crippen molar-refractivity contribution in [1.29, 1.82) is 0 Å². The highest BCUT2D eigenvalue weighted by Crippen LogP contribution is 2.31. The monoisotopic (exact) mass is 529 g/mol. The van der Waals surface area contributed by atoms with Gasteiger partial charge in [0.05, 0.1) is 5.56 Å². The smallest absolute Gasteiger partial charge is 0.321 e. The summed E-state index contributed by atoms with van der Waals surface area (Å²) in [5.74, 6) is -0.622. The highest BCUT2D eigenvalue weighted by Gasteiger charge is 2.30. The van der Waals surface area contributed by atoms with E-state index in [0.717, 1.165) is 35.3 Å². The van der Waals surface area contributed by atoms with Crippen molar-refractivity contribution in [3.63, 3.8) is 0 Å². The molecule has 4 amide bonds. The normalized spacial score (nSPS) is 15.0. The van der Waals surface area contributed by atoms with E-state index in [2.05, 4.69) is 20.9 Å². The molecule has 1 saturated heterocycles. The van der Waals surface area contributed by atoms with Crippen molar-refractivity contribution in [2.24, 2.45) is 5.92 Å². The van der Waals surface area contributed by atoms with Gasteiger partial charge in [0.25, 0.3) is 5.91 Å². The summed E-state index contributed by atoms with van der Waals surface area (Å²) < 4.78 is 13.3. The molecule has 2 fully saturated rings. The quantitative estimate of drug-likeness (QED) is 0.411. The van der Waals surface area contributed by atoms with E-state index in [1.807, 2.05) is 43.3 Å². The van der Waals surface area contributed by atoms with Crippen molar-refractivity contribution in [1.82, 2.24) is 10.2 Å². The predicted molar refractivity (Wildman–Crippen MR) is 149 cm³/mol. The van der Waals surface area contributed by atoms with Crippen LogP contribution in [0.3, 0.4) is 0 Å². The largest absolute Gasteiger partial charge is 0.367 e. The summed E-state index contributed by atoms with van der Waals surface area (Å²) in [5, 5.41) is 8.77. The number of aryl methyl sites for hydroxylation is 1. The van der Waals surface area contributed by atoms with Crippen molar-refractivity contribution in [3.8, 4) is 0 Å². The van der Waals surface area contributed by atoms with Crippen molar-refractivity contribution in [2.75, 3.05) is 41.7 Å². The van der Waals surface area contributed by atoms with Crippen molar-refractivity contribution >= 4 is 34.9 Å².